The average molecular weight is 361 g/mol. The first-order chi connectivity index (χ1) is 11.4. The van der Waals surface area contributed by atoms with Gasteiger partial charge in [-0.15, -0.1) is 0 Å². The third-order valence-corrected chi connectivity index (χ3v) is 2.73. The van der Waals surface area contributed by atoms with Crippen molar-refractivity contribution < 1.29 is 27.5 Å². The molecule has 25 heavy (non-hydrogen) atoms. The van der Waals surface area contributed by atoms with Crippen LogP contribution in [0.5, 0.6) is 5.75 Å². The van der Waals surface area contributed by atoms with E-state index in [0.29, 0.717) is 0 Å². The smallest absolute Gasteiger partial charge is 0.422 e. The number of nitrogens with one attached hydrogen (secondary N) is 2. The number of likely N-dealkylation sites (N-methyl/N-ethyl adjacent to an activating group) is 1. The predicted molar refractivity (Wildman–Crippen MR) is 87.5 cm³/mol. The summed E-state index contributed by atoms with van der Waals surface area (Å²) in [7, 11) is 1.43. The Bertz CT molecular complexity index is 613. The van der Waals surface area contributed by atoms with Gasteiger partial charge in [-0.25, -0.2) is 4.79 Å². The van der Waals surface area contributed by atoms with Gasteiger partial charge in [0.25, 0.3) is 0 Å². The maximum absolute atomic E-state index is 12.2. The minimum Gasteiger partial charge on any atom is -0.484 e. The van der Waals surface area contributed by atoms with Crippen LogP contribution < -0.4 is 15.4 Å². The first-order valence-electron chi connectivity index (χ1n) is 7.48. The summed E-state index contributed by atoms with van der Waals surface area (Å²) < 4.78 is 41.1. The fraction of sp³-hybridized carbons (Fsp3) is 0.500. The fourth-order valence-electron chi connectivity index (χ4n) is 1.79. The lowest BCUT2D eigenvalue weighted by Crippen LogP contribution is -2.47. The van der Waals surface area contributed by atoms with Crippen molar-refractivity contribution in [3.8, 4) is 5.75 Å². The number of rotatable bonds is 5. The summed E-state index contributed by atoms with van der Waals surface area (Å²) in [4.78, 5) is 25.0. The highest BCUT2D eigenvalue weighted by Gasteiger charge is 2.28. The van der Waals surface area contributed by atoms with E-state index in [1.54, 1.807) is 0 Å². The minimum atomic E-state index is -4.44. The van der Waals surface area contributed by atoms with Gasteiger partial charge in [-0.1, -0.05) is 6.07 Å². The molecule has 0 unspecified atom stereocenters. The number of hydrogen-bond acceptors (Lipinski definition) is 3. The van der Waals surface area contributed by atoms with Crippen molar-refractivity contribution >= 4 is 17.6 Å². The Morgan fingerprint density at radius 3 is 2.40 bits per heavy atom. The van der Waals surface area contributed by atoms with Gasteiger partial charge in [0.1, 0.15) is 12.3 Å². The molecule has 1 rings (SSSR count). The van der Waals surface area contributed by atoms with Crippen LogP contribution in [0, 0.1) is 0 Å². The van der Waals surface area contributed by atoms with Crippen LogP contribution in [0.2, 0.25) is 0 Å². The summed E-state index contributed by atoms with van der Waals surface area (Å²) in [6, 6.07) is 5.00. The molecule has 2 N–H and O–H groups in total. The molecule has 140 valence electrons. The van der Waals surface area contributed by atoms with E-state index in [0.717, 1.165) is 4.90 Å². The van der Waals surface area contributed by atoms with Crippen LogP contribution in [0.25, 0.3) is 0 Å². The largest absolute Gasteiger partial charge is 0.484 e. The van der Waals surface area contributed by atoms with Gasteiger partial charge in [0, 0.05) is 24.3 Å². The number of nitrogens with zero attached hydrogens (tertiary/aromatic N) is 1. The molecule has 1 aromatic rings. The van der Waals surface area contributed by atoms with E-state index in [4.69, 9.17) is 0 Å². The summed E-state index contributed by atoms with van der Waals surface area (Å²) in [5.41, 5.74) is -0.161. The number of halogens is 3. The minimum absolute atomic E-state index is 0.0248. The lowest BCUT2D eigenvalue weighted by atomic mass is 10.1. The second-order valence-electron chi connectivity index (χ2n) is 6.52. The van der Waals surface area contributed by atoms with Crippen LogP contribution in [0.4, 0.5) is 23.7 Å². The van der Waals surface area contributed by atoms with E-state index in [1.165, 1.54) is 31.3 Å². The molecule has 6 nitrogen and oxygen atoms in total. The van der Waals surface area contributed by atoms with Gasteiger partial charge in [-0.05, 0) is 32.9 Å². The molecule has 0 heterocycles. The maximum Gasteiger partial charge on any atom is 0.422 e. The molecule has 0 aliphatic heterocycles. The SMILES string of the molecule is CN(CC(=O)NC(C)(C)C)C(=O)Nc1cccc(OCC(F)(F)F)c1. The van der Waals surface area contributed by atoms with E-state index in [9.17, 15) is 22.8 Å². The molecule has 9 heteroatoms. The molecular weight excluding hydrogens is 339 g/mol. The summed E-state index contributed by atoms with van der Waals surface area (Å²) in [5, 5.41) is 5.21. The van der Waals surface area contributed by atoms with Gasteiger partial charge in [0.2, 0.25) is 5.91 Å². The molecule has 0 fully saturated rings. The van der Waals surface area contributed by atoms with Crippen molar-refractivity contribution in [2.75, 3.05) is 25.5 Å². The number of amides is 3. The zero-order chi connectivity index (χ0) is 19.3. The maximum atomic E-state index is 12.2. The van der Waals surface area contributed by atoms with Gasteiger partial charge in [-0.2, -0.15) is 13.2 Å². The van der Waals surface area contributed by atoms with Crippen molar-refractivity contribution in [3.05, 3.63) is 24.3 Å². The van der Waals surface area contributed by atoms with Crippen LogP contribution in [0.3, 0.4) is 0 Å². The quantitative estimate of drug-likeness (QED) is 0.847. The Hall–Kier alpha value is -2.45. The average Bonchev–Trinajstić information content (AvgIpc) is 2.42. The second kappa shape index (κ2) is 8.09. The van der Waals surface area contributed by atoms with Gasteiger partial charge < -0.3 is 20.3 Å². The number of ether oxygens (including phenoxy) is 1. The zero-order valence-electron chi connectivity index (χ0n) is 14.5. The van der Waals surface area contributed by atoms with Crippen LogP contribution in [0.15, 0.2) is 24.3 Å². The van der Waals surface area contributed by atoms with E-state index < -0.39 is 24.4 Å². The summed E-state index contributed by atoms with van der Waals surface area (Å²) >= 11 is 0. The highest BCUT2D eigenvalue weighted by Crippen LogP contribution is 2.21. The molecule has 0 saturated carbocycles. The summed E-state index contributed by atoms with van der Waals surface area (Å²) in [6.07, 6.45) is -4.44. The Labute approximate surface area is 144 Å². The lowest BCUT2D eigenvalue weighted by Gasteiger charge is -2.23. The number of carbonyl (C=O) groups is 2. The highest BCUT2D eigenvalue weighted by molar-refractivity contribution is 5.92. The molecule has 0 spiro atoms. The van der Waals surface area contributed by atoms with Crippen molar-refractivity contribution in [2.24, 2.45) is 0 Å². The molecular formula is C16H22F3N3O3. The Kier molecular flexibility index (Phi) is 6.66. The molecule has 0 bridgehead atoms. The molecule has 1 aromatic carbocycles. The van der Waals surface area contributed by atoms with Crippen LogP contribution in [0.1, 0.15) is 20.8 Å². The topological polar surface area (TPSA) is 70.7 Å². The molecule has 0 radical (unpaired) electrons. The first kappa shape index (κ1) is 20.6. The van der Waals surface area contributed by atoms with Gasteiger partial charge in [-0.3, -0.25) is 4.79 Å². The number of urea groups is 1. The standard InChI is InChI=1S/C16H22F3N3O3/c1-15(2,3)21-13(23)9-22(4)14(24)20-11-6-5-7-12(8-11)25-10-16(17,18)19/h5-8H,9-10H2,1-4H3,(H,20,24)(H,21,23). The summed E-state index contributed by atoms with van der Waals surface area (Å²) in [5.74, 6) is -0.351. The number of benzene rings is 1. The second-order valence-corrected chi connectivity index (χ2v) is 6.52. The van der Waals surface area contributed by atoms with Crippen molar-refractivity contribution in [1.29, 1.82) is 0 Å². The third-order valence-electron chi connectivity index (χ3n) is 2.73. The van der Waals surface area contributed by atoms with E-state index in [-0.39, 0.29) is 23.9 Å². The molecule has 3 amide bonds. The number of alkyl halides is 3. The summed E-state index contributed by atoms with van der Waals surface area (Å²) in [6.45, 7) is 3.87. The monoisotopic (exact) mass is 361 g/mol. The zero-order valence-corrected chi connectivity index (χ0v) is 14.5. The van der Waals surface area contributed by atoms with Crippen LogP contribution >= 0.6 is 0 Å². The third kappa shape index (κ3) is 8.83. The van der Waals surface area contributed by atoms with Crippen molar-refractivity contribution in [1.82, 2.24) is 10.2 Å². The van der Waals surface area contributed by atoms with E-state index in [2.05, 4.69) is 15.4 Å². The molecule has 0 aliphatic rings. The molecule has 0 saturated heterocycles. The van der Waals surface area contributed by atoms with E-state index in [1.807, 2.05) is 20.8 Å². The fourth-order valence-corrected chi connectivity index (χ4v) is 1.79. The first-order valence-corrected chi connectivity index (χ1v) is 7.48. The Balaban J connectivity index is 2.60. The van der Waals surface area contributed by atoms with Crippen molar-refractivity contribution in [2.45, 2.75) is 32.5 Å². The normalized spacial score (nSPS) is 11.6. The van der Waals surface area contributed by atoms with Crippen LogP contribution in [-0.2, 0) is 4.79 Å². The Morgan fingerprint density at radius 1 is 1.20 bits per heavy atom. The van der Waals surface area contributed by atoms with Gasteiger partial charge in [0.15, 0.2) is 6.61 Å². The van der Waals surface area contributed by atoms with Crippen molar-refractivity contribution in [3.63, 3.8) is 0 Å². The number of carbonyl (C=O) groups excluding carboxylic acids is 2. The van der Waals surface area contributed by atoms with Gasteiger partial charge >= 0.3 is 12.2 Å². The molecule has 0 aromatic heterocycles. The molecule has 0 atom stereocenters. The van der Waals surface area contributed by atoms with Crippen LogP contribution in [-0.4, -0.2) is 48.8 Å². The number of anilines is 1. The Morgan fingerprint density at radius 2 is 1.84 bits per heavy atom. The molecule has 0 aliphatic carbocycles. The highest BCUT2D eigenvalue weighted by atomic mass is 19.4. The van der Waals surface area contributed by atoms with E-state index >= 15 is 0 Å². The predicted octanol–water partition coefficient (Wildman–Crippen LogP) is 3.01. The van der Waals surface area contributed by atoms with Gasteiger partial charge in [0.05, 0.1) is 0 Å². The lowest BCUT2D eigenvalue weighted by molar-refractivity contribution is -0.153. The number of hydrogen-bond donors (Lipinski definition) is 2.